The molecule has 2 amide bonds. The van der Waals surface area contributed by atoms with Gasteiger partial charge in [-0.2, -0.15) is 0 Å². The summed E-state index contributed by atoms with van der Waals surface area (Å²) >= 11 is 0. The lowest BCUT2D eigenvalue weighted by Gasteiger charge is -2.23. The Bertz CT molecular complexity index is 951. The maximum Gasteiger partial charge on any atom is 0.322 e. The summed E-state index contributed by atoms with van der Waals surface area (Å²) in [7, 11) is 0. The van der Waals surface area contributed by atoms with Crippen molar-refractivity contribution in [2.24, 2.45) is 0 Å². The summed E-state index contributed by atoms with van der Waals surface area (Å²) in [6.07, 6.45) is 2.01. The lowest BCUT2D eigenvalue weighted by Crippen LogP contribution is -2.35. The third-order valence-electron chi connectivity index (χ3n) is 5.44. The number of amides is 2. The molecule has 0 unspecified atom stereocenters. The van der Waals surface area contributed by atoms with E-state index in [-0.39, 0.29) is 6.03 Å². The Kier molecular flexibility index (Phi) is 8.73. The lowest BCUT2D eigenvalue weighted by molar-refractivity contribution is 0.208. The molecule has 1 N–H and O–H groups in total. The van der Waals surface area contributed by atoms with E-state index in [0.717, 1.165) is 42.0 Å². The zero-order valence-corrected chi connectivity index (χ0v) is 19.4. The van der Waals surface area contributed by atoms with Crippen molar-refractivity contribution in [1.29, 1.82) is 0 Å². The van der Waals surface area contributed by atoms with Crippen LogP contribution in [-0.2, 0) is 13.2 Å². The van der Waals surface area contributed by atoms with E-state index in [1.807, 2.05) is 59.5 Å². The van der Waals surface area contributed by atoms with Crippen molar-refractivity contribution >= 4 is 11.7 Å². The molecule has 0 radical (unpaired) electrons. The number of nitrogens with zero attached hydrogens (tertiary/aromatic N) is 1. The molecular weight excluding hydrogens is 396 g/mol. The predicted octanol–water partition coefficient (Wildman–Crippen LogP) is 7.22. The van der Waals surface area contributed by atoms with Crippen LogP contribution >= 0.6 is 0 Å². The molecule has 3 aromatic rings. The first-order valence-electron chi connectivity index (χ1n) is 11.5. The van der Waals surface area contributed by atoms with Gasteiger partial charge in [0.25, 0.3) is 0 Å². The monoisotopic (exact) mass is 430 g/mol. The Labute approximate surface area is 192 Å². The van der Waals surface area contributed by atoms with Gasteiger partial charge in [-0.3, -0.25) is 0 Å². The summed E-state index contributed by atoms with van der Waals surface area (Å²) in [5, 5.41) is 3.05. The van der Waals surface area contributed by atoms with Crippen LogP contribution in [0, 0.1) is 0 Å². The van der Waals surface area contributed by atoms with Crippen molar-refractivity contribution in [3.63, 3.8) is 0 Å². The number of urea groups is 1. The van der Waals surface area contributed by atoms with Gasteiger partial charge >= 0.3 is 6.03 Å². The number of anilines is 1. The standard InChI is InChI=1S/C28H34N2O2/c1-4-5-19-30(28(31)29-26-15-13-25(14-16-26)22(2)3)20-23-11-17-27(18-12-23)32-21-24-9-7-6-8-10-24/h6-18,22H,4-5,19-21H2,1-3H3,(H,29,31). The van der Waals surface area contributed by atoms with Crippen LogP contribution in [0.3, 0.4) is 0 Å². The average molecular weight is 431 g/mol. The first-order valence-corrected chi connectivity index (χ1v) is 11.5. The molecule has 0 fully saturated rings. The molecule has 0 aromatic heterocycles. The number of carbonyl (C=O) groups is 1. The average Bonchev–Trinajstić information content (AvgIpc) is 2.82. The molecule has 0 atom stereocenters. The number of benzene rings is 3. The summed E-state index contributed by atoms with van der Waals surface area (Å²) in [4.78, 5) is 14.8. The second-order valence-corrected chi connectivity index (χ2v) is 8.40. The van der Waals surface area contributed by atoms with Gasteiger partial charge in [-0.25, -0.2) is 4.79 Å². The molecule has 32 heavy (non-hydrogen) atoms. The van der Waals surface area contributed by atoms with E-state index in [2.05, 4.69) is 50.4 Å². The van der Waals surface area contributed by atoms with Gasteiger partial charge in [0.05, 0.1) is 0 Å². The minimum atomic E-state index is -0.0693. The van der Waals surface area contributed by atoms with Crippen LogP contribution in [0.1, 0.15) is 56.2 Å². The molecular formula is C28H34N2O2. The van der Waals surface area contributed by atoms with Crippen molar-refractivity contribution < 1.29 is 9.53 Å². The predicted molar refractivity (Wildman–Crippen MR) is 132 cm³/mol. The molecule has 3 aromatic carbocycles. The highest BCUT2D eigenvalue weighted by molar-refractivity contribution is 5.89. The number of rotatable bonds is 10. The normalized spacial score (nSPS) is 10.8. The minimum Gasteiger partial charge on any atom is -0.489 e. The first kappa shape index (κ1) is 23.4. The van der Waals surface area contributed by atoms with Gasteiger partial charge < -0.3 is 15.0 Å². The van der Waals surface area contributed by atoms with Crippen LogP contribution in [0.2, 0.25) is 0 Å². The summed E-state index contributed by atoms with van der Waals surface area (Å²) in [5.41, 5.74) is 4.31. The summed E-state index contributed by atoms with van der Waals surface area (Å²) in [5.74, 6) is 1.30. The molecule has 4 heteroatoms. The highest BCUT2D eigenvalue weighted by atomic mass is 16.5. The third-order valence-corrected chi connectivity index (χ3v) is 5.44. The number of unbranched alkanes of at least 4 members (excludes halogenated alkanes) is 1. The van der Waals surface area contributed by atoms with Gasteiger partial charge in [0.2, 0.25) is 0 Å². The van der Waals surface area contributed by atoms with Crippen LogP contribution in [0.5, 0.6) is 5.75 Å². The van der Waals surface area contributed by atoms with E-state index < -0.39 is 0 Å². The van der Waals surface area contributed by atoms with Crippen molar-refractivity contribution in [2.75, 3.05) is 11.9 Å². The summed E-state index contributed by atoms with van der Waals surface area (Å²) < 4.78 is 5.88. The van der Waals surface area contributed by atoms with Gasteiger partial charge in [0.15, 0.2) is 0 Å². The van der Waals surface area contributed by atoms with Crippen LogP contribution in [0.15, 0.2) is 78.9 Å². The molecule has 168 valence electrons. The highest BCUT2D eigenvalue weighted by Crippen LogP contribution is 2.19. The molecule has 0 heterocycles. The van der Waals surface area contributed by atoms with E-state index in [1.54, 1.807) is 0 Å². The first-order chi connectivity index (χ1) is 15.5. The van der Waals surface area contributed by atoms with Gasteiger partial charge in [-0.15, -0.1) is 0 Å². The number of ether oxygens (including phenoxy) is 1. The largest absolute Gasteiger partial charge is 0.489 e. The Balaban J connectivity index is 1.59. The molecule has 0 bridgehead atoms. The van der Waals surface area contributed by atoms with Crippen LogP contribution in [-0.4, -0.2) is 17.5 Å². The van der Waals surface area contributed by atoms with Crippen molar-refractivity contribution in [1.82, 2.24) is 4.90 Å². The summed E-state index contributed by atoms with van der Waals surface area (Å²) in [6, 6.07) is 26.2. The van der Waals surface area contributed by atoms with E-state index in [9.17, 15) is 4.79 Å². The molecule has 0 spiro atoms. The summed E-state index contributed by atoms with van der Waals surface area (Å²) in [6.45, 7) is 8.30. The Morgan fingerprint density at radius 1 is 0.906 bits per heavy atom. The number of nitrogens with one attached hydrogen (secondary N) is 1. The Morgan fingerprint density at radius 2 is 1.59 bits per heavy atom. The number of hydrogen-bond donors (Lipinski definition) is 1. The van der Waals surface area contributed by atoms with Crippen LogP contribution < -0.4 is 10.1 Å². The SMILES string of the molecule is CCCCN(Cc1ccc(OCc2ccccc2)cc1)C(=O)Nc1ccc(C(C)C)cc1. The number of hydrogen-bond acceptors (Lipinski definition) is 2. The quantitative estimate of drug-likeness (QED) is 0.369. The number of carbonyl (C=O) groups excluding carboxylic acids is 1. The van der Waals surface area contributed by atoms with E-state index in [1.165, 1.54) is 5.56 Å². The molecule has 3 rings (SSSR count). The topological polar surface area (TPSA) is 41.6 Å². The maximum atomic E-state index is 13.0. The zero-order valence-electron chi connectivity index (χ0n) is 19.4. The maximum absolute atomic E-state index is 13.0. The lowest BCUT2D eigenvalue weighted by atomic mass is 10.0. The van der Waals surface area contributed by atoms with Crippen molar-refractivity contribution in [3.05, 3.63) is 95.6 Å². The molecule has 0 aliphatic carbocycles. The van der Waals surface area contributed by atoms with Crippen LogP contribution in [0.4, 0.5) is 10.5 Å². The van der Waals surface area contributed by atoms with Gasteiger partial charge in [-0.1, -0.05) is 81.8 Å². The molecule has 4 nitrogen and oxygen atoms in total. The second kappa shape index (κ2) is 11.9. The second-order valence-electron chi connectivity index (χ2n) is 8.40. The van der Waals surface area contributed by atoms with E-state index >= 15 is 0 Å². The van der Waals surface area contributed by atoms with Crippen molar-refractivity contribution in [3.8, 4) is 5.75 Å². The minimum absolute atomic E-state index is 0.0693. The molecule has 0 aliphatic heterocycles. The molecule has 0 saturated carbocycles. The third kappa shape index (κ3) is 7.16. The fourth-order valence-electron chi connectivity index (χ4n) is 3.41. The van der Waals surface area contributed by atoms with Gasteiger partial charge in [0, 0.05) is 18.8 Å². The zero-order chi connectivity index (χ0) is 22.8. The van der Waals surface area contributed by atoms with Crippen LogP contribution in [0.25, 0.3) is 0 Å². The van der Waals surface area contributed by atoms with E-state index in [0.29, 0.717) is 19.1 Å². The fourth-order valence-corrected chi connectivity index (χ4v) is 3.41. The Hall–Kier alpha value is -3.27. The van der Waals surface area contributed by atoms with Gasteiger partial charge in [0.1, 0.15) is 12.4 Å². The Morgan fingerprint density at radius 3 is 2.22 bits per heavy atom. The van der Waals surface area contributed by atoms with Crippen molar-refractivity contribution in [2.45, 2.75) is 52.7 Å². The van der Waals surface area contributed by atoms with E-state index in [4.69, 9.17) is 4.74 Å². The van der Waals surface area contributed by atoms with Gasteiger partial charge in [-0.05, 0) is 53.3 Å². The smallest absolute Gasteiger partial charge is 0.322 e. The molecule has 0 aliphatic rings. The highest BCUT2D eigenvalue weighted by Gasteiger charge is 2.14. The molecule has 0 saturated heterocycles. The fraction of sp³-hybridized carbons (Fsp3) is 0.321.